The largest absolute Gasteiger partial charge is 0.497 e. The number of methoxy groups -OCH3 is 2. The van der Waals surface area contributed by atoms with Gasteiger partial charge in [0.05, 0.1) is 14.2 Å². The van der Waals surface area contributed by atoms with Crippen LogP contribution in [0, 0.1) is 5.92 Å². The summed E-state index contributed by atoms with van der Waals surface area (Å²) < 4.78 is 11.0. The van der Waals surface area contributed by atoms with Gasteiger partial charge in [0.2, 0.25) is 5.91 Å². The van der Waals surface area contributed by atoms with Gasteiger partial charge >= 0.3 is 0 Å². The molecule has 1 saturated heterocycles. The van der Waals surface area contributed by atoms with Crippen molar-refractivity contribution in [3.05, 3.63) is 53.6 Å². The van der Waals surface area contributed by atoms with Crippen LogP contribution >= 0.6 is 0 Å². The Morgan fingerprint density at radius 2 is 1.74 bits per heavy atom. The minimum atomic E-state index is 0.0256. The number of hydrogen-bond acceptors (Lipinski definition) is 4. The molecule has 2 heterocycles. The highest BCUT2D eigenvalue weighted by atomic mass is 16.5. The third kappa shape index (κ3) is 4.68. The van der Waals surface area contributed by atoms with Gasteiger partial charge in [-0.2, -0.15) is 0 Å². The Morgan fingerprint density at radius 3 is 2.47 bits per heavy atom. The molecular weight excluding hydrogens is 424 g/mol. The molecule has 5 rings (SSSR count). The number of carbonyl (C=O) groups is 1. The minimum absolute atomic E-state index is 0.0256. The standard InChI is InChI=1S/C29H38N2O3/c1-33-24-9-5-8-23(18-24)20-30-16-14-29(15-17-30)21-31(27-12-11-25(34-2)19-26(27)29)28(32)13-10-22-6-3-4-7-22/h5,8-9,11-12,18-19,22H,3-4,6-7,10,13-17,20-21H2,1-2H3. The number of fused-ring (bicyclic) bond motifs is 2. The molecule has 0 radical (unpaired) electrons. The molecule has 1 spiro atoms. The average Bonchev–Trinajstić information content (AvgIpc) is 3.51. The lowest BCUT2D eigenvalue weighted by Crippen LogP contribution is -2.45. The van der Waals surface area contributed by atoms with Crippen molar-refractivity contribution >= 4 is 11.6 Å². The molecule has 0 bridgehead atoms. The van der Waals surface area contributed by atoms with Gasteiger partial charge in [-0.25, -0.2) is 0 Å². The number of ether oxygens (including phenoxy) is 2. The Bertz CT molecular complexity index is 1010. The molecule has 1 saturated carbocycles. The summed E-state index contributed by atoms with van der Waals surface area (Å²) in [5, 5.41) is 0. The van der Waals surface area contributed by atoms with Gasteiger partial charge in [0.1, 0.15) is 11.5 Å². The van der Waals surface area contributed by atoms with Crippen LogP contribution in [0.5, 0.6) is 11.5 Å². The topological polar surface area (TPSA) is 42.0 Å². The molecule has 1 aliphatic carbocycles. The SMILES string of the molecule is COc1cccc(CN2CCC3(CC2)CN(C(=O)CCC2CCCC2)c2ccc(OC)cc23)c1. The van der Waals surface area contributed by atoms with Crippen LogP contribution in [-0.4, -0.2) is 44.7 Å². The lowest BCUT2D eigenvalue weighted by atomic mass is 9.74. The van der Waals surface area contributed by atoms with E-state index >= 15 is 0 Å². The van der Waals surface area contributed by atoms with Gasteiger partial charge in [0.25, 0.3) is 0 Å². The van der Waals surface area contributed by atoms with E-state index in [1.807, 2.05) is 12.1 Å². The van der Waals surface area contributed by atoms with Crippen LogP contribution in [0.2, 0.25) is 0 Å². The minimum Gasteiger partial charge on any atom is -0.497 e. The zero-order valence-corrected chi connectivity index (χ0v) is 20.7. The first-order valence-corrected chi connectivity index (χ1v) is 12.9. The maximum Gasteiger partial charge on any atom is 0.227 e. The quantitative estimate of drug-likeness (QED) is 0.541. The van der Waals surface area contributed by atoms with Gasteiger partial charge < -0.3 is 14.4 Å². The van der Waals surface area contributed by atoms with Gasteiger partial charge in [-0.1, -0.05) is 37.8 Å². The highest BCUT2D eigenvalue weighted by Crippen LogP contribution is 2.48. The molecule has 5 nitrogen and oxygen atoms in total. The zero-order chi connectivity index (χ0) is 23.5. The molecule has 2 aromatic carbocycles. The van der Waals surface area contributed by atoms with Crippen LogP contribution in [0.4, 0.5) is 5.69 Å². The lowest BCUT2D eigenvalue weighted by molar-refractivity contribution is -0.119. The molecule has 0 N–H and O–H groups in total. The molecule has 34 heavy (non-hydrogen) atoms. The molecule has 2 aromatic rings. The van der Waals surface area contributed by atoms with Crippen molar-refractivity contribution in [2.45, 2.75) is 63.3 Å². The van der Waals surface area contributed by atoms with E-state index in [0.717, 1.165) is 68.5 Å². The summed E-state index contributed by atoms with van der Waals surface area (Å²) >= 11 is 0. The van der Waals surface area contributed by atoms with Gasteiger partial charge in [-0.3, -0.25) is 9.69 Å². The van der Waals surface area contributed by atoms with E-state index in [-0.39, 0.29) is 5.41 Å². The number of amides is 1. The van der Waals surface area contributed by atoms with Gasteiger partial charge in [-0.05, 0) is 79.7 Å². The number of carbonyl (C=O) groups excluding carboxylic acids is 1. The smallest absolute Gasteiger partial charge is 0.227 e. The van der Waals surface area contributed by atoms with Gasteiger partial charge in [-0.15, -0.1) is 0 Å². The molecule has 1 amide bonds. The van der Waals surface area contributed by atoms with E-state index < -0.39 is 0 Å². The molecule has 3 aliphatic rings. The fraction of sp³-hybridized carbons (Fsp3) is 0.552. The first kappa shape index (κ1) is 23.2. The predicted octanol–water partition coefficient (Wildman–Crippen LogP) is 5.55. The van der Waals surface area contributed by atoms with Crippen LogP contribution in [0.25, 0.3) is 0 Å². The summed E-state index contributed by atoms with van der Waals surface area (Å²) in [5.74, 6) is 2.84. The fourth-order valence-electron chi connectivity index (χ4n) is 6.36. The van der Waals surface area contributed by atoms with Crippen molar-refractivity contribution in [3.8, 4) is 11.5 Å². The molecule has 0 atom stereocenters. The summed E-state index contributed by atoms with van der Waals surface area (Å²) in [6, 6.07) is 14.7. The Labute approximate surface area is 204 Å². The lowest BCUT2D eigenvalue weighted by Gasteiger charge is -2.40. The normalized spacial score (nSPS) is 20.0. The van der Waals surface area contributed by atoms with E-state index in [2.05, 4.69) is 40.1 Å². The van der Waals surface area contributed by atoms with Crippen molar-refractivity contribution < 1.29 is 14.3 Å². The van der Waals surface area contributed by atoms with Crippen LogP contribution in [-0.2, 0) is 16.8 Å². The summed E-state index contributed by atoms with van der Waals surface area (Å²) in [7, 11) is 3.45. The molecule has 182 valence electrons. The summed E-state index contributed by atoms with van der Waals surface area (Å²) in [5.41, 5.74) is 3.73. The summed E-state index contributed by atoms with van der Waals surface area (Å²) in [4.78, 5) is 18.0. The summed E-state index contributed by atoms with van der Waals surface area (Å²) in [6.45, 7) is 3.80. The fourth-order valence-corrected chi connectivity index (χ4v) is 6.36. The molecular formula is C29H38N2O3. The Morgan fingerprint density at radius 1 is 1.00 bits per heavy atom. The first-order chi connectivity index (χ1) is 16.6. The maximum atomic E-state index is 13.4. The van der Waals surface area contributed by atoms with Gasteiger partial charge in [0.15, 0.2) is 0 Å². The second kappa shape index (κ2) is 9.99. The Hall–Kier alpha value is -2.53. The summed E-state index contributed by atoms with van der Waals surface area (Å²) in [6.07, 6.45) is 9.10. The van der Waals surface area contributed by atoms with Gasteiger partial charge in [0, 0.05) is 30.6 Å². The predicted molar refractivity (Wildman–Crippen MR) is 136 cm³/mol. The van der Waals surface area contributed by atoms with E-state index in [9.17, 15) is 4.79 Å². The Kier molecular flexibility index (Phi) is 6.82. The number of nitrogens with zero attached hydrogens (tertiary/aromatic N) is 2. The molecule has 0 unspecified atom stereocenters. The first-order valence-electron chi connectivity index (χ1n) is 12.9. The average molecular weight is 463 g/mol. The van der Waals surface area contributed by atoms with E-state index in [1.165, 1.54) is 36.8 Å². The number of hydrogen-bond donors (Lipinski definition) is 0. The van der Waals surface area contributed by atoms with Crippen LogP contribution in [0.15, 0.2) is 42.5 Å². The number of anilines is 1. The van der Waals surface area contributed by atoms with Crippen molar-refractivity contribution in [2.75, 3.05) is 38.8 Å². The number of rotatable bonds is 7. The molecule has 5 heteroatoms. The molecule has 0 aromatic heterocycles. The maximum absolute atomic E-state index is 13.4. The third-order valence-corrected chi connectivity index (χ3v) is 8.42. The highest BCUT2D eigenvalue weighted by Gasteiger charge is 2.46. The second-order valence-corrected chi connectivity index (χ2v) is 10.5. The van der Waals surface area contributed by atoms with E-state index in [4.69, 9.17) is 9.47 Å². The van der Waals surface area contributed by atoms with Crippen molar-refractivity contribution in [2.24, 2.45) is 5.92 Å². The van der Waals surface area contributed by atoms with Crippen LogP contribution in [0.3, 0.4) is 0 Å². The van der Waals surface area contributed by atoms with E-state index in [1.54, 1.807) is 14.2 Å². The zero-order valence-electron chi connectivity index (χ0n) is 20.7. The monoisotopic (exact) mass is 462 g/mol. The Balaban J connectivity index is 1.30. The third-order valence-electron chi connectivity index (χ3n) is 8.42. The second-order valence-electron chi connectivity index (χ2n) is 10.5. The van der Waals surface area contributed by atoms with Crippen molar-refractivity contribution in [1.82, 2.24) is 4.90 Å². The highest BCUT2D eigenvalue weighted by molar-refractivity contribution is 5.96. The number of piperidine rings is 1. The van der Waals surface area contributed by atoms with Crippen molar-refractivity contribution in [1.29, 1.82) is 0 Å². The number of benzene rings is 2. The number of likely N-dealkylation sites (tertiary alicyclic amines) is 1. The van der Waals surface area contributed by atoms with E-state index in [0.29, 0.717) is 12.3 Å². The molecule has 2 fully saturated rings. The van der Waals surface area contributed by atoms with Crippen LogP contribution in [0.1, 0.15) is 62.5 Å². The van der Waals surface area contributed by atoms with Crippen molar-refractivity contribution in [3.63, 3.8) is 0 Å². The van der Waals surface area contributed by atoms with Crippen LogP contribution < -0.4 is 14.4 Å². The molecule has 2 aliphatic heterocycles.